The summed E-state index contributed by atoms with van der Waals surface area (Å²) in [6.45, 7) is 3.30. The third-order valence-electron chi connectivity index (χ3n) is 3.73. The Hall–Kier alpha value is -2.91. The van der Waals surface area contributed by atoms with Gasteiger partial charge in [-0.3, -0.25) is 19.4 Å². The average Bonchev–Trinajstić information content (AvgIpc) is 3.19. The van der Waals surface area contributed by atoms with E-state index < -0.39 is 17.4 Å². The maximum atomic E-state index is 12.6. The Morgan fingerprint density at radius 3 is 2.54 bits per heavy atom. The van der Waals surface area contributed by atoms with Crippen molar-refractivity contribution < 1.29 is 9.59 Å². The largest absolute Gasteiger partial charge is 0.314 e. The fraction of sp³-hybridized carbons (Fsp3) is 0.158. The van der Waals surface area contributed by atoms with Crippen LogP contribution in [0, 0.1) is 0 Å². The van der Waals surface area contributed by atoms with E-state index in [4.69, 9.17) is 0 Å². The first-order valence-corrected chi connectivity index (χ1v) is 10.2. The minimum atomic E-state index is -0.536. The molecule has 1 aromatic carbocycles. The normalized spacial score (nSPS) is 11.6. The Morgan fingerprint density at radius 1 is 1.14 bits per heavy atom. The summed E-state index contributed by atoms with van der Waals surface area (Å²) in [5.41, 5.74) is 0.447. The number of thiophene rings is 1. The molecule has 0 unspecified atom stereocenters. The Bertz CT molecular complexity index is 1030. The molecule has 2 aromatic heterocycles. The number of thioether (sulfide) groups is 1. The summed E-state index contributed by atoms with van der Waals surface area (Å²) in [6.07, 6.45) is 0. The molecule has 28 heavy (non-hydrogen) atoms. The summed E-state index contributed by atoms with van der Waals surface area (Å²) in [7, 11) is 0. The zero-order valence-corrected chi connectivity index (χ0v) is 16.8. The number of anilines is 2. The monoisotopic (exact) mass is 414 g/mol. The van der Waals surface area contributed by atoms with Crippen molar-refractivity contribution in [1.29, 1.82) is 0 Å². The van der Waals surface area contributed by atoms with Gasteiger partial charge in [0.25, 0.3) is 11.5 Å². The summed E-state index contributed by atoms with van der Waals surface area (Å²) in [4.78, 5) is 43.9. The molecular weight excluding hydrogens is 396 g/mol. The van der Waals surface area contributed by atoms with Crippen molar-refractivity contribution in [3.8, 4) is 0 Å². The molecule has 3 N–H and O–H groups in total. The van der Waals surface area contributed by atoms with Crippen molar-refractivity contribution in [2.75, 3.05) is 10.6 Å². The molecule has 0 spiro atoms. The van der Waals surface area contributed by atoms with E-state index in [0.29, 0.717) is 10.0 Å². The van der Waals surface area contributed by atoms with Crippen LogP contribution in [0.25, 0.3) is 0 Å². The Kier molecular flexibility index (Phi) is 6.27. The van der Waals surface area contributed by atoms with Gasteiger partial charge in [0, 0.05) is 12.2 Å². The van der Waals surface area contributed by atoms with E-state index in [1.54, 1.807) is 17.5 Å². The minimum Gasteiger partial charge on any atom is -0.314 e. The molecule has 1 atom stereocenters. The molecule has 0 aliphatic rings. The predicted molar refractivity (Wildman–Crippen MR) is 112 cm³/mol. The van der Waals surface area contributed by atoms with Crippen LogP contribution in [0.4, 0.5) is 11.5 Å². The summed E-state index contributed by atoms with van der Waals surface area (Å²) in [5.74, 6) is -0.812. The first kappa shape index (κ1) is 19.8. The Balaban J connectivity index is 1.89. The van der Waals surface area contributed by atoms with Crippen molar-refractivity contribution in [2.24, 2.45) is 0 Å². The number of nitrogens with one attached hydrogen (secondary N) is 3. The second-order valence-electron chi connectivity index (χ2n) is 5.88. The number of amides is 2. The number of benzene rings is 1. The molecule has 0 saturated heterocycles. The van der Waals surface area contributed by atoms with Crippen LogP contribution in [0.5, 0.6) is 0 Å². The predicted octanol–water partition coefficient (Wildman–Crippen LogP) is 3.90. The van der Waals surface area contributed by atoms with Gasteiger partial charge in [-0.2, -0.15) is 0 Å². The highest BCUT2D eigenvalue weighted by Gasteiger charge is 2.18. The lowest BCUT2D eigenvalue weighted by atomic mass is 10.2. The van der Waals surface area contributed by atoms with Crippen molar-refractivity contribution in [2.45, 2.75) is 24.3 Å². The lowest BCUT2D eigenvalue weighted by Gasteiger charge is -2.14. The van der Waals surface area contributed by atoms with E-state index in [-0.39, 0.29) is 16.8 Å². The number of H-pyrrole nitrogens is 1. The van der Waals surface area contributed by atoms with Crippen LogP contribution in [0.1, 0.15) is 34.3 Å². The van der Waals surface area contributed by atoms with Gasteiger partial charge >= 0.3 is 0 Å². The van der Waals surface area contributed by atoms with E-state index in [9.17, 15) is 14.4 Å². The molecule has 3 aromatic rings. The van der Waals surface area contributed by atoms with Crippen LogP contribution in [0.3, 0.4) is 0 Å². The van der Waals surface area contributed by atoms with Gasteiger partial charge in [-0.15, -0.1) is 11.3 Å². The van der Waals surface area contributed by atoms with Gasteiger partial charge in [-0.25, -0.2) is 4.98 Å². The number of aromatic amines is 1. The first-order valence-electron chi connectivity index (χ1n) is 8.42. The van der Waals surface area contributed by atoms with Gasteiger partial charge in [0.15, 0.2) is 16.7 Å². The molecule has 0 bridgehead atoms. The molecule has 0 aliphatic carbocycles. The number of nitrogens with zero attached hydrogens (tertiary/aromatic N) is 1. The van der Waals surface area contributed by atoms with Crippen LogP contribution >= 0.6 is 23.1 Å². The lowest BCUT2D eigenvalue weighted by Crippen LogP contribution is -2.24. The molecule has 0 radical (unpaired) electrons. The number of carbonyl (C=O) groups excluding carboxylic acids is 2. The molecule has 0 fully saturated rings. The second-order valence-corrected chi connectivity index (χ2v) is 8.16. The van der Waals surface area contributed by atoms with E-state index in [2.05, 4.69) is 20.6 Å². The van der Waals surface area contributed by atoms with Gasteiger partial charge in [0.05, 0.1) is 4.88 Å². The highest BCUT2D eigenvalue weighted by Crippen LogP contribution is 2.33. The van der Waals surface area contributed by atoms with Gasteiger partial charge in [0.2, 0.25) is 5.91 Å². The zero-order valence-electron chi connectivity index (χ0n) is 15.2. The number of carbonyl (C=O) groups is 2. The van der Waals surface area contributed by atoms with Crippen LogP contribution in [-0.2, 0) is 4.79 Å². The number of hydrogen-bond donors (Lipinski definition) is 3. The fourth-order valence-corrected chi connectivity index (χ4v) is 3.97. The van der Waals surface area contributed by atoms with Crippen molar-refractivity contribution in [3.63, 3.8) is 0 Å². The van der Waals surface area contributed by atoms with Gasteiger partial charge in [0.1, 0.15) is 0 Å². The van der Waals surface area contributed by atoms with Gasteiger partial charge in [-0.1, -0.05) is 48.2 Å². The van der Waals surface area contributed by atoms with Crippen molar-refractivity contribution in [1.82, 2.24) is 9.97 Å². The minimum absolute atomic E-state index is 0.0175. The average molecular weight is 415 g/mol. The van der Waals surface area contributed by atoms with Crippen LogP contribution < -0.4 is 16.2 Å². The van der Waals surface area contributed by atoms with E-state index in [0.717, 1.165) is 5.56 Å². The van der Waals surface area contributed by atoms with Crippen molar-refractivity contribution in [3.05, 3.63) is 68.6 Å². The molecule has 2 amide bonds. The summed E-state index contributed by atoms with van der Waals surface area (Å²) in [5, 5.41) is 7.20. The summed E-state index contributed by atoms with van der Waals surface area (Å²) in [6, 6.07) is 13.2. The summed E-state index contributed by atoms with van der Waals surface area (Å²) >= 11 is 2.60. The topological polar surface area (TPSA) is 104 Å². The molecule has 7 nitrogen and oxygen atoms in total. The molecule has 2 heterocycles. The quantitative estimate of drug-likeness (QED) is 0.419. The van der Waals surface area contributed by atoms with E-state index >= 15 is 0 Å². The zero-order chi connectivity index (χ0) is 20.1. The molecule has 9 heteroatoms. The van der Waals surface area contributed by atoms with Crippen LogP contribution in [-0.4, -0.2) is 21.8 Å². The maximum Gasteiger partial charge on any atom is 0.277 e. The third kappa shape index (κ3) is 4.87. The Morgan fingerprint density at radius 2 is 1.89 bits per heavy atom. The molecule has 144 valence electrons. The highest BCUT2D eigenvalue weighted by atomic mass is 32.2. The number of rotatable bonds is 6. The fourth-order valence-electron chi connectivity index (χ4n) is 2.42. The number of aromatic nitrogens is 2. The number of hydrogen-bond acceptors (Lipinski definition) is 6. The molecular formula is C19H18N4O3S2. The lowest BCUT2D eigenvalue weighted by molar-refractivity contribution is -0.114. The smallest absolute Gasteiger partial charge is 0.277 e. The van der Waals surface area contributed by atoms with Gasteiger partial charge in [-0.05, 0) is 23.9 Å². The molecule has 0 aliphatic heterocycles. The maximum absolute atomic E-state index is 12.6. The van der Waals surface area contributed by atoms with Crippen LogP contribution in [0.2, 0.25) is 0 Å². The first-order chi connectivity index (χ1) is 13.4. The van der Waals surface area contributed by atoms with Crippen LogP contribution in [0.15, 0.2) is 57.8 Å². The SMILES string of the molecule is CC(=O)Nc1nc(S[C@@H](C)c2ccccc2)[nH]c(=O)c1NC(=O)c1cccs1. The van der Waals surface area contributed by atoms with E-state index in [1.807, 2.05) is 37.3 Å². The van der Waals surface area contributed by atoms with Gasteiger partial charge < -0.3 is 10.6 Å². The standard InChI is InChI=1S/C19H18N4O3S2/c1-11(13-7-4-3-5-8-13)28-19-22-16(20-12(2)24)15(18(26)23-19)21-17(25)14-9-6-10-27-14/h3-11H,1-2H3,(H,21,25)(H2,20,22,23,24,26)/t11-/m0/s1. The second kappa shape index (κ2) is 8.85. The highest BCUT2D eigenvalue weighted by molar-refractivity contribution is 7.99. The van der Waals surface area contributed by atoms with Crippen molar-refractivity contribution >= 4 is 46.4 Å². The third-order valence-corrected chi connectivity index (χ3v) is 5.64. The molecule has 0 saturated carbocycles. The Labute approximate surface area is 169 Å². The van der Waals surface area contributed by atoms with E-state index in [1.165, 1.54) is 30.0 Å². The summed E-state index contributed by atoms with van der Waals surface area (Å²) < 4.78 is 0. The molecule has 3 rings (SSSR count).